The summed E-state index contributed by atoms with van der Waals surface area (Å²) in [5, 5.41) is 31.6. The number of nitrogens with two attached hydrogens (primary N) is 4. The predicted octanol–water partition coefficient (Wildman–Crippen LogP) is -1.19. The number of carbonyl (C=O) groups excluding carboxylic acids is 8. The Kier molecular flexibility index (Phi) is 28.4. The third kappa shape index (κ3) is 23.1. The number of aliphatic imine (C=N–C) groups is 1. The number of aliphatic carboxylic acids is 1. The number of carboxylic acids is 1. The Morgan fingerprint density at radius 1 is 0.662 bits per heavy atom. The molecule has 424 valence electrons. The summed E-state index contributed by atoms with van der Waals surface area (Å²) in [5.74, 6) is -7.26. The van der Waals surface area contributed by atoms with Crippen LogP contribution in [0.25, 0.3) is 10.9 Å². The predicted molar refractivity (Wildman–Crippen MR) is 299 cm³/mol. The van der Waals surface area contributed by atoms with Crippen LogP contribution in [0.3, 0.4) is 0 Å². The fourth-order valence-corrected chi connectivity index (χ4v) is 8.64. The molecule has 26 heteroatoms. The third-order valence-corrected chi connectivity index (χ3v) is 13.1. The van der Waals surface area contributed by atoms with Gasteiger partial charge in [0.05, 0.1) is 12.6 Å². The van der Waals surface area contributed by atoms with E-state index >= 15 is 0 Å². The van der Waals surface area contributed by atoms with E-state index in [1.807, 2.05) is 44.4 Å². The SMILES string of the molecule is CSCC[C@H](NC(=O)[C@H](Cc1ccccc1)NC(=O)[C@@H](N)CCCCN)C(=O)N[C@@H](CC(C)C)C(=O)N[C@@H](CS)C(=O)N[C@@H](C)C(=O)NCC(=O)N[C@@H](CCCN=C(N)N)C(=O)N[C@@H](Cc1c[nH]c2ccccc12)C(=O)O. The normalized spacial score (nSPS) is 14.2. The van der Waals surface area contributed by atoms with Crippen LogP contribution in [-0.4, -0.2) is 155 Å². The Labute approximate surface area is 458 Å². The monoisotopic (exact) mass is 1110 g/mol. The molecule has 18 N–H and O–H groups in total. The molecule has 0 spiro atoms. The van der Waals surface area contributed by atoms with Crippen LogP contribution >= 0.6 is 24.4 Å². The molecule has 8 amide bonds. The van der Waals surface area contributed by atoms with E-state index in [0.717, 1.165) is 16.5 Å². The molecule has 0 bridgehead atoms. The lowest BCUT2D eigenvalue weighted by Crippen LogP contribution is -2.60. The first-order valence-electron chi connectivity index (χ1n) is 25.5. The second-order valence-corrected chi connectivity index (χ2v) is 20.2. The van der Waals surface area contributed by atoms with E-state index in [9.17, 15) is 48.3 Å². The van der Waals surface area contributed by atoms with Crippen molar-refractivity contribution in [1.29, 1.82) is 0 Å². The van der Waals surface area contributed by atoms with Crippen molar-refractivity contribution in [1.82, 2.24) is 47.5 Å². The number of thiol groups is 1. The number of para-hydroxylation sites is 1. The highest BCUT2D eigenvalue weighted by atomic mass is 32.2. The van der Waals surface area contributed by atoms with E-state index in [-0.39, 0.29) is 62.7 Å². The maximum atomic E-state index is 14.0. The molecule has 0 fully saturated rings. The Morgan fingerprint density at radius 2 is 1.25 bits per heavy atom. The molecule has 1 heterocycles. The maximum absolute atomic E-state index is 14.0. The first kappa shape index (κ1) is 64.4. The fraction of sp³-hybridized carbons (Fsp3) is 0.529. The van der Waals surface area contributed by atoms with E-state index < -0.39 is 108 Å². The van der Waals surface area contributed by atoms with Gasteiger partial charge in [-0.1, -0.05) is 68.8 Å². The lowest BCUT2D eigenvalue weighted by atomic mass is 10.0. The molecule has 0 radical (unpaired) electrons. The van der Waals surface area contributed by atoms with E-state index in [1.54, 1.807) is 36.5 Å². The van der Waals surface area contributed by atoms with E-state index in [4.69, 9.17) is 22.9 Å². The minimum absolute atomic E-state index is 0.00881. The number of aromatic amines is 1. The minimum atomic E-state index is -1.37. The molecule has 0 saturated heterocycles. The van der Waals surface area contributed by atoms with Crippen molar-refractivity contribution in [2.75, 3.05) is 37.4 Å². The van der Waals surface area contributed by atoms with Gasteiger partial charge >= 0.3 is 5.97 Å². The molecule has 0 aliphatic heterocycles. The number of hydrogen-bond acceptors (Lipinski definition) is 14. The highest BCUT2D eigenvalue weighted by Gasteiger charge is 2.33. The number of amides is 8. The Balaban J connectivity index is 1.65. The van der Waals surface area contributed by atoms with Crippen molar-refractivity contribution >= 4 is 94.5 Å². The number of benzene rings is 2. The first-order chi connectivity index (χ1) is 36.7. The van der Waals surface area contributed by atoms with Gasteiger partial charge in [-0.15, -0.1) is 0 Å². The number of nitrogens with one attached hydrogen (secondary N) is 9. The largest absolute Gasteiger partial charge is 0.480 e. The van der Waals surface area contributed by atoms with Crippen LogP contribution in [0.4, 0.5) is 0 Å². The van der Waals surface area contributed by atoms with Gasteiger partial charge in [0.15, 0.2) is 5.96 Å². The topological polar surface area (TPSA) is 402 Å². The first-order valence-corrected chi connectivity index (χ1v) is 27.5. The summed E-state index contributed by atoms with van der Waals surface area (Å²) >= 11 is 5.69. The zero-order valence-electron chi connectivity index (χ0n) is 44.1. The molecular weight excluding hydrogens is 1030 g/mol. The maximum Gasteiger partial charge on any atom is 0.326 e. The zero-order valence-corrected chi connectivity index (χ0v) is 45.8. The average molecular weight is 1110 g/mol. The average Bonchev–Trinajstić information content (AvgIpc) is 3.80. The number of rotatable bonds is 35. The number of H-pyrrole nitrogens is 1. The van der Waals surface area contributed by atoms with E-state index in [0.29, 0.717) is 37.1 Å². The van der Waals surface area contributed by atoms with Gasteiger partial charge in [-0.05, 0) is 87.1 Å². The van der Waals surface area contributed by atoms with Crippen LogP contribution in [0.15, 0.2) is 65.8 Å². The van der Waals surface area contributed by atoms with Gasteiger partial charge < -0.3 is 75.6 Å². The van der Waals surface area contributed by atoms with Crippen molar-refractivity contribution in [2.24, 2.45) is 33.8 Å². The Hall–Kier alpha value is -6.90. The molecular formula is C51H78N14O10S2. The van der Waals surface area contributed by atoms with Crippen LogP contribution in [0.2, 0.25) is 0 Å². The summed E-state index contributed by atoms with van der Waals surface area (Å²) in [6, 6.07) is 6.73. The van der Waals surface area contributed by atoms with Gasteiger partial charge in [0.2, 0.25) is 47.3 Å². The molecule has 0 aliphatic carbocycles. The van der Waals surface area contributed by atoms with Gasteiger partial charge in [-0.3, -0.25) is 43.3 Å². The number of carbonyl (C=O) groups is 9. The number of guanidine groups is 1. The summed E-state index contributed by atoms with van der Waals surface area (Å²) in [7, 11) is 0. The number of hydrogen-bond donors (Lipinski definition) is 15. The summed E-state index contributed by atoms with van der Waals surface area (Å²) in [6.07, 6.45) is 5.66. The van der Waals surface area contributed by atoms with Crippen molar-refractivity contribution < 1.29 is 48.3 Å². The van der Waals surface area contributed by atoms with Gasteiger partial charge in [0.25, 0.3) is 0 Å². The molecule has 0 aliphatic rings. The van der Waals surface area contributed by atoms with Crippen LogP contribution < -0.4 is 65.5 Å². The summed E-state index contributed by atoms with van der Waals surface area (Å²) in [4.78, 5) is 128. The number of fused-ring (bicyclic) bond motifs is 1. The van der Waals surface area contributed by atoms with Crippen LogP contribution in [0.5, 0.6) is 0 Å². The quantitative estimate of drug-likeness (QED) is 0.0143. The minimum Gasteiger partial charge on any atom is -0.480 e. The summed E-state index contributed by atoms with van der Waals surface area (Å²) < 4.78 is 0. The van der Waals surface area contributed by atoms with Crippen molar-refractivity contribution in [3.05, 3.63) is 71.9 Å². The highest BCUT2D eigenvalue weighted by Crippen LogP contribution is 2.20. The summed E-state index contributed by atoms with van der Waals surface area (Å²) in [5.41, 5.74) is 24.8. The molecule has 1 aromatic heterocycles. The standard InChI is InChI=1S/C51H78N14O10S2/c1-29(2)23-38(63-46(70)37(19-22-77-4)61-48(72)39(24-31-13-6-5-7-14-31)62-44(68)34(53)16-10-11-20-52)47(71)65-41(28-76)49(73)59-30(3)43(67)58-27-42(66)60-36(18-12-21-56-51(54)55)45(69)64-40(50(74)75)25-32-26-57-35-17-9-8-15-33(32)35/h5-9,13-15,17,26,29-30,34,36-41,57,76H,10-12,16,18-25,27-28,52-53H2,1-4H3,(H,58,67)(H,59,73)(H,60,66)(H,61,72)(H,62,68)(H,63,70)(H,64,69)(H,65,71)(H,74,75)(H4,54,55,56)/t30-,34-,36-,37-,38-,39-,40-,41-/m0/s1. The smallest absolute Gasteiger partial charge is 0.326 e. The second kappa shape index (κ2) is 34.0. The Bertz CT molecular complexity index is 2460. The number of nitrogens with zero attached hydrogens (tertiary/aromatic N) is 1. The molecule has 3 rings (SSSR count). The van der Waals surface area contributed by atoms with E-state index in [2.05, 4.69) is 65.1 Å². The molecule has 3 aromatic rings. The lowest BCUT2D eigenvalue weighted by molar-refractivity contribution is -0.142. The number of unbranched alkanes of at least 4 members (excludes halogenated alkanes) is 1. The van der Waals surface area contributed by atoms with Gasteiger partial charge in [0.1, 0.15) is 42.3 Å². The summed E-state index contributed by atoms with van der Waals surface area (Å²) in [6.45, 7) is 4.88. The van der Waals surface area contributed by atoms with Crippen LogP contribution in [0, 0.1) is 5.92 Å². The second-order valence-electron chi connectivity index (χ2n) is 18.9. The lowest BCUT2D eigenvalue weighted by Gasteiger charge is -2.27. The number of aromatic nitrogens is 1. The van der Waals surface area contributed by atoms with Gasteiger partial charge in [-0.2, -0.15) is 24.4 Å². The molecule has 8 atom stereocenters. The molecule has 2 aromatic carbocycles. The molecule has 0 unspecified atom stereocenters. The molecule has 24 nitrogen and oxygen atoms in total. The van der Waals surface area contributed by atoms with Crippen molar-refractivity contribution in [3.8, 4) is 0 Å². The molecule has 77 heavy (non-hydrogen) atoms. The third-order valence-electron chi connectivity index (χ3n) is 12.1. The van der Waals surface area contributed by atoms with Crippen LogP contribution in [-0.2, 0) is 56.0 Å². The van der Waals surface area contributed by atoms with Crippen LogP contribution in [0.1, 0.15) is 76.8 Å². The van der Waals surface area contributed by atoms with Gasteiger partial charge in [-0.25, -0.2) is 4.79 Å². The van der Waals surface area contributed by atoms with Crippen molar-refractivity contribution in [2.45, 2.75) is 127 Å². The highest BCUT2D eigenvalue weighted by molar-refractivity contribution is 7.98. The number of thioether (sulfide) groups is 1. The van der Waals surface area contributed by atoms with E-state index in [1.165, 1.54) is 18.7 Å². The Morgan fingerprint density at radius 3 is 1.88 bits per heavy atom. The molecule has 0 saturated carbocycles. The van der Waals surface area contributed by atoms with Crippen molar-refractivity contribution in [3.63, 3.8) is 0 Å². The zero-order chi connectivity index (χ0) is 57.0. The fourth-order valence-electron chi connectivity index (χ4n) is 7.91. The number of carboxylic acid groups (broad SMARTS) is 1. The van der Waals surface area contributed by atoms with Gasteiger partial charge in [0, 0.05) is 42.2 Å².